The molecule has 0 radical (unpaired) electrons. The molecule has 5 heteroatoms. The smallest absolute Gasteiger partial charge is 0.259 e. The molecule has 0 aliphatic carbocycles. The van der Waals surface area contributed by atoms with Crippen LogP contribution in [0.5, 0.6) is 11.6 Å². The topological polar surface area (TPSA) is 42.4 Å². The minimum absolute atomic E-state index is 0.0712. The maximum Gasteiger partial charge on any atom is 0.259 e. The van der Waals surface area contributed by atoms with Gasteiger partial charge in [-0.05, 0) is 44.2 Å². The molecule has 110 valence electrons. The molecule has 0 bridgehead atoms. The molecule has 4 nitrogen and oxygen atoms in total. The lowest BCUT2D eigenvalue weighted by Gasteiger charge is -2.19. The normalized spacial score (nSPS) is 10.2. The zero-order valence-electron chi connectivity index (χ0n) is 12.0. The predicted octanol–water partition coefficient (Wildman–Crippen LogP) is 4.12. The van der Waals surface area contributed by atoms with E-state index in [9.17, 15) is 4.79 Å². The van der Waals surface area contributed by atoms with E-state index >= 15 is 0 Å². The van der Waals surface area contributed by atoms with Crippen LogP contribution in [0.3, 0.4) is 0 Å². The minimum Gasteiger partial charge on any atom is -0.438 e. The van der Waals surface area contributed by atoms with Crippen molar-refractivity contribution in [3.05, 3.63) is 52.6 Å². The third-order valence-corrected chi connectivity index (χ3v) is 3.56. The number of carbonyl (C=O) groups is 1. The summed E-state index contributed by atoms with van der Waals surface area (Å²) in [5.41, 5.74) is 0.473. The second kappa shape index (κ2) is 7.22. The van der Waals surface area contributed by atoms with Gasteiger partial charge in [-0.1, -0.05) is 22.0 Å². The van der Waals surface area contributed by atoms with E-state index in [1.165, 1.54) is 0 Å². The Labute approximate surface area is 132 Å². The molecular weight excluding hydrogens is 332 g/mol. The average Bonchev–Trinajstić information content (AvgIpc) is 2.49. The molecule has 1 aromatic heterocycles. The van der Waals surface area contributed by atoms with Gasteiger partial charge in [-0.15, -0.1) is 0 Å². The lowest BCUT2D eigenvalue weighted by Crippen LogP contribution is -2.30. The van der Waals surface area contributed by atoms with Crippen LogP contribution < -0.4 is 4.74 Å². The molecule has 2 aromatic rings. The van der Waals surface area contributed by atoms with Crippen molar-refractivity contribution in [3.8, 4) is 11.6 Å². The molecule has 1 aromatic carbocycles. The first-order valence-corrected chi connectivity index (χ1v) is 7.62. The van der Waals surface area contributed by atoms with E-state index in [1.807, 2.05) is 38.1 Å². The first kappa shape index (κ1) is 15.5. The Morgan fingerprint density at radius 1 is 1.24 bits per heavy atom. The fourth-order valence-electron chi connectivity index (χ4n) is 1.96. The Kier molecular flexibility index (Phi) is 5.33. The maximum atomic E-state index is 12.5. The fourth-order valence-corrected chi connectivity index (χ4v) is 2.34. The SMILES string of the molecule is CCN(CC)C(=O)c1cccnc1Oc1cccc(Br)c1. The monoisotopic (exact) mass is 348 g/mol. The summed E-state index contributed by atoms with van der Waals surface area (Å²) in [5, 5.41) is 0. The third kappa shape index (κ3) is 3.82. The Morgan fingerprint density at radius 3 is 2.67 bits per heavy atom. The lowest BCUT2D eigenvalue weighted by molar-refractivity contribution is 0.0769. The van der Waals surface area contributed by atoms with Crippen LogP contribution in [0.2, 0.25) is 0 Å². The van der Waals surface area contributed by atoms with E-state index < -0.39 is 0 Å². The Hall–Kier alpha value is -1.88. The molecule has 0 aliphatic heterocycles. The molecule has 1 heterocycles. The van der Waals surface area contributed by atoms with Crippen molar-refractivity contribution in [2.24, 2.45) is 0 Å². The molecule has 0 saturated carbocycles. The van der Waals surface area contributed by atoms with Gasteiger partial charge in [-0.25, -0.2) is 4.98 Å². The fraction of sp³-hybridized carbons (Fsp3) is 0.250. The highest BCUT2D eigenvalue weighted by atomic mass is 79.9. The molecule has 0 fully saturated rings. The summed E-state index contributed by atoms with van der Waals surface area (Å²) in [6.45, 7) is 5.21. The van der Waals surface area contributed by atoms with Gasteiger partial charge < -0.3 is 9.64 Å². The van der Waals surface area contributed by atoms with Gasteiger partial charge in [0.2, 0.25) is 5.88 Å². The predicted molar refractivity (Wildman–Crippen MR) is 85.7 cm³/mol. The number of pyridine rings is 1. The molecule has 0 N–H and O–H groups in total. The summed E-state index contributed by atoms with van der Waals surface area (Å²) < 4.78 is 6.67. The number of benzene rings is 1. The van der Waals surface area contributed by atoms with Crippen LogP contribution in [0.4, 0.5) is 0 Å². The summed E-state index contributed by atoms with van der Waals surface area (Å²) in [7, 11) is 0. The van der Waals surface area contributed by atoms with Crippen molar-refractivity contribution in [1.29, 1.82) is 0 Å². The molecule has 0 saturated heterocycles. The van der Waals surface area contributed by atoms with Crippen molar-refractivity contribution in [2.45, 2.75) is 13.8 Å². The average molecular weight is 349 g/mol. The third-order valence-electron chi connectivity index (χ3n) is 3.06. The largest absolute Gasteiger partial charge is 0.438 e. The molecule has 0 aliphatic rings. The van der Waals surface area contributed by atoms with Gasteiger partial charge in [-0.2, -0.15) is 0 Å². The molecule has 1 amide bonds. The highest BCUT2D eigenvalue weighted by Crippen LogP contribution is 2.26. The molecule has 2 rings (SSSR count). The van der Waals surface area contributed by atoms with Crippen LogP contribution in [0.1, 0.15) is 24.2 Å². The first-order valence-electron chi connectivity index (χ1n) is 6.83. The molecule has 0 spiro atoms. The van der Waals surface area contributed by atoms with Crippen molar-refractivity contribution in [1.82, 2.24) is 9.88 Å². The summed E-state index contributed by atoms with van der Waals surface area (Å²) >= 11 is 3.39. The quantitative estimate of drug-likeness (QED) is 0.816. The van der Waals surface area contributed by atoms with Gasteiger partial charge in [0.05, 0.1) is 0 Å². The van der Waals surface area contributed by atoms with Crippen LogP contribution in [0, 0.1) is 0 Å². The van der Waals surface area contributed by atoms with Gasteiger partial charge in [0.15, 0.2) is 0 Å². The summed E-state index contributed by atoms with van der Waals surface area (Å²) in [6, 6.07) is 10.9. The van der Waals surface area contributed by atoms with Crippen LogP contribution in [0.15, 0.2) is 47.1 Å². The zero-order valence-corrected chi connectivity index (χ0v) is 13.6. The maximum absolute atomic E-state index is 12.5. The number of ether oxygens (including phenoxy) is 1. The van der Waals surface area contributed by atoms with Crippen molar-refractivity contribution in [2.75, 3.05) is 13.1 Å². The highest BCUT2D eigenvalue weighted by Gasteiger charge is 2.18. The molecule has 21 heavy (non-hydrogen) atoms. The van der Waals surface area contributed by atoms with E-state index in [-0.39, 0.29) is 5.91 Å². The number of carbonyl (C=O) groups excluding carboxylic acids is 1. The summed E-state index contributed by atoms with van der Waals surface area (Å²) in [4.78, 5) is 18.4. The number of aromatic nitrogens is 1. The first-order chi connectivity index (χ1) is 10.2. The number of halogens is 1. The lowest BCUT2D eigenvalue weighted by atomic mass is 10.2. The van der Waals surface area contributed by atoms with Gasteiger partial charge in [0.1, 0.15) is 11.3 Å². The van der Waals surface area contributed by atoms with E-state index in [0.717, 1.165) is 4.47 Å². The Morgan fingerprint density at radius 2 is 2.00 bits per heavy atom. The Balaban J connectivity index is 2.31. The van der Waals surface area contributed by atoms with E-state index in [0.29, 0.717) is 30.3 Å². The van der Waals surface area contributed by atoms with Gasteiger partial charge in [-0.3, -0.25) is 4.79 Å². The van der Waals surface area contributed by atoms with Gasteiger partial charge in [0, 0.05) is 23.8 Å². The van der Waals surface area contributed by atoms with E-state index in [1.54, 1.807) is 23.2 Å². The van der Waals surface area contributed by atoms with Crippen LogP contribution in [-0.2, 0) is 0 Å². The number of rotatable bonds is 5. The van der Waals surface area contributed by atoms with Crippen LogP contribution in [0.25, 0.3) is 0 Å². The standard InChI is InChI=1S/C16H17BrN2O2/c1-3-19(4-2)16(20)14-9-6-10-18-15(14)21-13-8-5-7-12(17)11-13/h5-11H,3-4H2,1-2H3. The molecular formula is C16H17BrN2O2. The minimum atomic E-state index is -0.0712. The summed E-state index contributed by atoms with van der Waals surface area (Å²) in [6.07, 6.45) is 1.62. The second-order valence-corrected chi connectivity index (χ2v) is 5.31. The van der Waals surface area contributed by atoms with E-state index in [2.05, 4.69) is 20.9 Å². The second-order valence-electron chi connectivity index (χ2n) is 4.39. The molecule has 0 atom stereocenters. The van der Waals surface area contributed by atoms with Crippen LogP contribution >= 0.6 is 15.9 Å². The van der Waals surface area contributed by atoms with Crippen molar-refractivity contribution in [3.63, 3.8) is 0 Å². The number of nitrogens with zero attached hydrogens (tertiary/aromatic N) is 2. The van der Waals surface area contributed by atoms with E-state index in [4.69, 9.17) is 4.74 Å². The highest BCUT2D eigenvalue weighted by molar-refractivity contribution is 9.10. The Bertz CT molecular complexity index is 627. The van der Waals surface area contributed by atoms with Gasteiger partial charge in [0.25, 0.3) is 5.91 Å². The van der Waals surface area contributed by atoms with Crippen molar-refractivity contribution < 1.29 is 9.53 Å². The van der Waals surface area contributed by atoms with Crippen LogP contribution in [-0.4, -0.2) is 28.9 Å². The summed E-state index contributed by atoms with van der Waals surface area (Å²) in [5.74, 6) is 0.891. The number of amides is 1. The number of hydrogen-bond acceptors (Lipinski definition) is 3. The zero-order chi connectivity index (χ0) is 15.2. The van der Waals surface area contributed by atoms with Gasteiger partial charge >= 0.3 is 0 Å². The van der Waals surface area contributed by atoms with Crippen molar-refractivity contribution >= 4 is 21.8 Å². The number of hydrogen-bond donors (Lipinski definition) is 0. The molecule has 0 unspecified atom stereocenters.